The maximum Gasteiger partial charge on any atom is 0.304 e. The molecule has 0 spiro atoms. The molecule has 2 aliphatic heterocycles. The lowest BCUT2D eigenvalue weighted by molar-refractivity contribution is -0.120. The summed E-state index contributed by atoms with van der Waals surface area (Å²) in [4.78, 5) is 11.5. The van der Waals surface area contributed by atoms with Crippen molar-refractivity contribution in [3.05, 3.63) is 0 Å². The van der Waals surface area contributed by atoms with Gasteiger partial charge in [0, 0.05) is 13.2 Å². The Morgan fingerprint density at radius 3 is 2.79 bits per heavy atom. The fourth-order valence-corrected chi connectivity index (χ4v) is 6.63. The van der Waals surface area contributed by atoms with E-state index in [4.69, 9.17) is 9.47 Å². The third-order valence-corrected chi connectivity index (χ3v) is 8.15. The zero-order chi connectivity index (χ0) is 19.9. The molecule has 2 N–H and O–H groups in total. The number of rotatable bonds is 5. The first kappa shape index (κ1) is 20.5. The van der Waals surface area contributed by atoms with Gasteiger partial charge in [0.25, 0.3) is 0 Å². The fourth-order valence-electron chi connectivity index (χ4n) is 5.29. The Hall–Kier alpha value is -0.810. The molecule has 4 rings (SSSR count). The number of nitrogens with one attached hydrogen (secondary N) is 1. The Morgan fingerprint density at radius 1 is 1.29 bits per heavy atom. The van der Waals surface area contributed by atoms with E-state index in [0.29, 0.717) is 19.4 Å². The van der Waals surface area contributed by atoms with Crippen molar-refractivity contribution in [2.24, 2.45) is 11.8 Å². The third kappa shape index (κ3) is 4.07. The van der Waals surface area contributed by atoms with Crippen LogP contribution in [0, 0.1) is 11.8 Å². The lowest BCUT2D eigenvalue weighted by Crippen LogP contribution is -2.59. The molecular formula is C18H29FN2O6S. The number of alkyl halides is 1. The summed E-state index contributed by atoms with van der Waals surface area (Å²) >= 11 is 0. The molecule has 8 nitrogen and oxygen atoms in total. The number of ether oxygens (including phenoxy) is 2. The molecular weight excluding hydrogens is 391 g/mol. The van der Waals surface area contributed by atoms with E-state index in [0.717, 1.165) is 43.0 Å². The monoisotopic (exact) mass is 420 g/mol. The predicted molar refractivity (Wildman–Crippen MR) is 97.2 cm³/mol. The Labute approximate surface area is 164 Å². The minimum absolute atomic E-state index is 0.00762. The summed E-state index contributed by atoms with van der Waals surface area (Å²) in [5.41, 5.74) is 0. The summed E-state index contributed by atoms with van der Waals surface area (Å²) in [7, 11) is -4.09. The number of carbonyl (C=O) groups is 1. The average Bonchev–Trinajstić information content (AvgIpc) is 3.23. The van der Waals surface area contributed by atoms with E-state index in [1.165, 1.54) is 0 Å². The van der Waals surface area contributed by atoms with Crippen LogP contribution in [0.1, 0.15) is 44.9 Å². The highest BCUT2D eigenvalue weighted by Crippen LogP contribution is 2.45. The van der Waals surface area contributed by atoms with Crippen LogP contribution in [-0.2, 0) is 24.5 Å². The van der Waals surface area contributed by atoms with Crippen molar-refractivity contribution in [1.29, 1.82) is 0 Å². The van der Waals surface area contributed by atoms with Gasteiger partial charge in [0.2, 0.25) is 5.91 Å². The minimum Gasteiger partial charge on any atom is -0.391 e. The zero-order valence-electron chi connectivity index (χ0n) is 15.8. The highest BCUT2D eigenvalue weighted by Gasteiger charge is 2.53. The summed E-state index contributed by atoms with van der Waals surface area (Å²) in [6, 6.07) is -1.23. The van der Waals surface area contributed by atoms with Crippen molar-refractivity contribution in [2.45, 2.75) is 75.5 Å². The van der Waals surface area contributed by atoms with Gasteiger partial charge in [-0.2, -0.15) is 12.7 Å². The van der Waals surface area contributed by atoms with Gasteiger partial charge < -0.3 is 14.6 Å². The number of carbonyl (C=O) groups excluding carboxylic acids is 1. The number of fused-ring (bicyclic) bond motifs is 1. The molecule has 2 heterocycles. The summed E-state index contributed by atoms with van der Waals surface area (Å²) in [5.74, 6) is -1.06. The van der Waals surface area contributed by atoms with Crippen molar-refractivity contribution >= 4 is 16.1 Å². The van der Waals surface area contributed by atoms with E-state index < -0.39 is 41.0 Å². The van der Waals surface area contributed by atoms with Gasteiger partial charge in [-0.05, 0) is 56.8 Å². The Kier molecular flexibility index (Phi) is 5.95. The van der Waals surface area contributed by atoms with Crippen LogP contribution in [0.15, 0.2) is 0 Å². The van der Waals surface area contributed by atoms with Crippen LogP contribution >= 0.6 is 0 Å². The molecule has 160 valence electrons. The topological polar surface area (TPSA) is 105 Å². The van der Waals surface area contributed by atoms with Crippen molar-refractivity contribution < 1.29 is 32.2 Å². The van der Waals surface area contributed by atoms with Gasteiger partial charge in [-0.25, -0.2) is 9.11 Å². The second-order valence-electron chi connectivity index (χ2n) is 8.47. The molecule has 7 atom stereocenters. The Bertz CT molecular complexity index is 686. The Balaban J connectivity index is 1.38. The first-order valence-corrected chi connectivity index (χ1v) is 11.7. The van der Waals surface area contributed by atoms with Crippen LogP contribution in [0.4, 0.5) is 4.39 Å². The molecule has 2 aliphatic carbocycles. The molecule has 7 unspecified atom stereocenters. The van der Waals surface area contributed by atoms with Gasteiger partial charge in [0.1, 0.15) is 6.17 Å². The molecule has 0 radical (unpaired) electrons. The molecule has 0 aromatic rings. The number of hydrogen-bond donors (Lipinski definition) is 2. The zero-order valence-corrected chi connectivity index (χ0v) is 16.7. The standard InChI is InChI=1S/C18H29FN2O6S/c19-17-14-9-13(27-7-5-12-2-1-6-26-12)4-3-11(14)8-15(22)18(17)21-10-16(23)20-28(21,24)25/h11-15,17-18,22H,1-10H2,(H,20,23). The van der Waals surface area contributed by atoms with E-state index in [-0.39, 0.29) is 24.0 Å². The number of hydrogen-bond acceptors (Lipinski definition) is 6. The highest BCUT2D eigenvalue weighted by atomic mass is 32.2. The number of aliphatic hydroxyl groups excluding tert-OH is 1. The van der Waals surface area contributed by atoms with Crippen molar-refractivity contribution in [1.82, 2.24) is 9.03 Å². The summed E-state index contributed by atoms with van der Waals surface area (Å²) in [6.07, 6.45) is 2.96. The maximum absolute atomic E-state index is 15.4. The molecule has 4 aliphatic rings. The van der Waals surface area contributed by atoms with Gasteiger partial charge in [-0.15, -0.1) is 0 Å². The van der Waals surface area contributed by atoms with Crippen molar-refractivity contribution in [3.63, 3.8) is 0 Å². The van der Waals surface area contributed by atoms with E-state index in [1.807, 2.05) is 4.72 Å². The number of amides is 1. The fraction of sp³-hybridized carbons (Fsp3) is 0.944. The normalized spacial score (nSPS) is 43.6. The van der Waals surface area contributed by atoms with Gasteiger partial charge in [0.15, 0.2) is 0 Å². The van der Waals surface area contributed by atoms with Crippen LogP contribution in [0.3, 0.4) is 0 Å². The number of aliphatic hydroxyl groups is 1. The molecule has 4 fully saturated rings. The number of halogens is 1. The lowest BCUT2D eigenvalue weighted by atomic mass is 9.66. The quantitative estimate of drug-likeness (QED) is 0.671. The van der Waals surface area contributed by atoms with E-state index in [2.05, 4.69) is 0 Å². The summed E-state index contributed by atoms with van der Waals surface area (Å²) in [5, 5.41) is 10.5. The molecule has 10 heteroatoms. The van der Waals surface area contributed by atoms with Gasteiger partial charge in [0.05, 0.1) is 30.9 Å². The van der Waals surface area contributed by atoms with Crippen LogP contribution in [0.25, 0.3) is 0 Å². The first-order chi connectivity index (χ1) is 13.3. The van der Waals surface area contributed by atoms with E-state index >= 15 is 4.39 Å². The first-order valence-electron chi connectivity index (χ1n) is 10.2. The molecule has 2 saturated heterocycles. The smallest absolute Gasteiger partial charge is 0.304 e. The Morgan fingerprint density at radius 2 is 2.11 bits per heavy atom. The van der Waals surface area contributed by atoms with Crippen LogP contribution in [0.2, 0.25) is 0 Å². The van der Waals surface area contributed by atoms with Crippen molar-refractivity contribution in [3.8, 4) is 0 Å². The largest absolute Gasteiger partial charge is 0.391 e. The second kappa shape index (κ2) is 8.14. The summed E-state index contributed by atoms with van der Waals surface area (Å²) < 4.78 is 53.9. The van der Waals surface area contributed by atoms with Gasteiger partial charge in [-0.1, -0.05) is 0 Å². The third-order valence-electron chi connectivity index (χ3n) is 6.67. The van der Waals surface area contributed by atoms with Crippen molar-refractivity contribution in [2.75, 3.05) is 19.8 Å². The van der Waals surface area contributed by atoms with E-state index in [1.54, 1.807) is 0 Å². The predicted octanol–water partition coefficient (Wildman–Crippen LogP) is 0.505. The average molecular weight is 421 g/mol. The van der Waals surface area contributed by atoms with Gasteiger partial charge >= 0.3 is 10.2 Å². The van der Waals surface area contributed by atoms with Crippen LogP contribution in [0.5, 0.6) is 0 Å². The maximum atomic E-state index is 15.4. The molecule has 0 bridgehead atoms. The number of nitrogens with zero attached hydrogens (tertiary/aromatic N) is 1. The lowest BCUT2D eigenvalue weighted by Gasteiger charge is -2.47. The van der Waals surface area contributed by atoms with Gasteiger partial charge in [-0.3, -0.25) is 4.79 Å². The minimum atomic E-state index is -4.09. The molecule has 0 aromatic carbocycles. The van der Waals surface area contributed by atoms with Crippen LogP contribution in [-0.4, -0.2) is 74.0 Å². The van der Waals surface area contributed by atoms with Crippen LogP contribution < -0.4 is 4.72 Å². The van der Waals surface area contributed by atoms with E-state index in [9.17, 15) is 18.3 Å². The SMILES string of the molecule is O=C1CN(C2C(O)CC3CCC(OCCC4CCCO4)CC3C2F)S(=O)(=O)N1. The second-order valence-corrected chi connectivity index (χ2v) is 10.1. The molecule has 0 aromatic heterocycles. The highest BCUT2D eigenvalue weighted by molar-refractivity contribution is 7.88. The summed E-state index contributed by atoms with van der Waals surface area (Å²) in [6.45, 7) is 0.944. The molecule has 28 heavy (non-hydrogen) atoms. The molecule has 1 amide bonds. The molecule has 2 saturated carbocycles.